The summed E-state index contributed by atoms with van der Waals surface area (Å²) in [5.74, 6) is 1.19. The summed E-state index contributed by atoms with van der Waals surface area (Å²) in [7, 11) is 1.37. The van der Waals surface area contributed by atoms with E-state index < -0.39 is 0 Å². The molecule has 2 fully saturated rings. The van der Waals surface area contributed by atoms with Crippen LogP contribution in [0.25, 0.3) is 0 Å². The molecule has 19 heavy (non-hydrogen) atoms. The summed E-state index contributed by atoms with van der Waals surface area (Å²) in [6, 6.07) is 6.02. The first-order chi connectivity index (χ1) is 9.20. The molecule has 1 aromatic carbocycles. The van der Waals surface area contributed by atoms with Gasteiger partial charge in [0.05, 0.1) is 24.0 Å². The van der Waals surface area contributed by atoms with Crippen molar-refractivity contribution in [3.05, 3.63) is 23.8 Å². The zero-order valence-corrected chi connectivity index (χ0v) is 11.2. The third-order valence-corrected chi connectivity index (χ3v) is 4.09. The summed E-state index contributed by atoms with van der Waals surface area (Å²) in [6.45, 7) is 0. The molecule has 3 N–H and O–H groups in total. The quantitative estimate of drug-likeness (QED) is 0.631. The lowest BCUT2D eigenvalue weighted by atomic mass is 10.1. The van der Waals surface area contributed by atoms with Crippen molar-refractivity contribution in [1.29, 1.82) is 0 Å². The van der Waals surface area contributed by atoms with Crippen LogP contribution in [0.5, 0.6) is 0 Å². The fourth-order valence-corrected chi connectivity index (χ4v) is 2.69. The number of anilines is 2. The Bertz CT molecular complexity index is 481. The summed E-state index contributed by atoms with van der Waals surface area (Å²) < 4.78 is 4.75. The minimum Gasteiger partial charge on any atom is -0.465 e. The highest BCUT2D eigenvalue weighted by Crippen LogP contribution is 2.46. The van der Waals surface area contributed by atoms with Crippen LogP contribution < -0.4 is 11.1 Å². The van der Waals surface area contributed by atoms with E-state index in [-0.39, 0.29) is 5.97 Å². The Kier molecular flexibility index (Phi) is 3.09. The fourth-order valence-electron chi connectivity index (χ4n) is 2.69. The molecule has 2 aliphatic carbocycles. The van der Waals surface area contributed by atoms with Crippen molar-refractivity contribution in [3.63, 3.8) is 0 Å². The van der Waals surface area contributed by atoms with E-state index in [2.05, 4.69) is 5.32 Å². The lowest BCUT2D eigenvalue weighted by molar-refractivity contribution is 0.0602. The Morgan fingerprint density at radius 3 is 2.47 bits per heavy atom. The monoisotopic (exact) mass is 260 g/mol. The second-order valence-corrected chi connectivity index (χ2v) is 5.60. The molecule has 0 atom stereocenters. The number of nitrogen functional groups attached to an aromatic ring is 1. The number of ether oxygens (including phenoxy) is 1. The second kappa shape index (κ2) is 4.76. The SMILES string of the molecule is COC(=O)c1cccc(NC(C2CC2)C2CC2)c1N. The lowest BCUT2D eigenvalue weighted by Gasteiger charge is -2.21. The predicted molar refractivity (Wildman–Crippen MR) is 75.1 cm³/mol. The molecule has 0 aromatic heterocycles. The predicted octanol–water partition coefficient (Wildman–Crippen LogP) is 2.66. The van der Waals surface area contributed by atoms with Gasteiger partial charge < -0.3 is 15.8 Å². The van der Waals surface area contributed by atoms with Crippen LogP contribution in [0.4, 0.5) is 11.4 Å². The van der Waals surface area contributed by atoms with E-state index >= 15 is 0 Å². The van der Waals surface area contributed by atoms with Crippen LogP contribution in [0.3, 0.4) is 0 Å². The van der Waals surface area contributed by atoms with Gasteiger partial charge in [0.1, 0.15) is 0 Å². The Labute approximate surface area is 113 Å². The number of nitrogens with one attached hydrogen (secondary N) is 1. The Morgan fingerprint density at radius 2 is 1.95 bits per heavy atom. The maximum Gasteiger partial charge on any atom is 0.340 e. The summed E-state index contributed by atoms with van der Waals surface area (Å²) in [5, 5.41) is 3.56. The molecule has 0 heterocycles. The number of esters is 1. The van der Waals surface area contributed by atoms with Crippen molar-refractivity contribution in [1.82, 2.24) is 0 Å². The molecule has 2 saturated carbocycles. The summed E-state index contributed by atoms with van der Waals surface area (Å²) in [4.78, 5) is 11.6. The molecule has 0 aliphatic heterocycles. The first kappa shape index (κ1) is 12.3. The summed E-state index contributed by atoms with van der Waals surface area (Å²) in [5.41, 5.74) is 7.90. The Hall–Kier alpha value is -1.71. The minimum absolute atomic E-state index is 0.379. The molecule has 4 nitrogen and oxygen atoms in total. The summed E-state index contributed by atoms with van der Waals surface area (Å²) >= 11 is 0. The van der Waals surface area contributed by atoms with Crippen LogP contribution in [0.1, 0.15) is 36.0 Å². The number of nitrogens with two attached hydrogens (primary N) is 1. The van der Waals surface area contributed by atoms with Crippen LogP contribution >= 0.6 is 0 Å². The number of rotatable bonds is 5. The summed E-state index contributed by atoms with van der Waals surface area (Å²) in [6.07, 6.45) is 5.24. The van der Waals surface area contributed by atoms with Crippen molar-refractivity contribution >= 4 is 17.3 Å². The smallest absolute Gasteiger partial charge is 0.340 e. The third kappa shape index (κ3) is 2.53. The van der Waals surface area contributed by atoms with E-state index in [1.54, 1.807) is 6.07 Å². The molecule has 0 amide bonds. The molecule has 3 rings (SSSR count). The molecule has 0 bridgehead atoms. The van der Waals surface area contributed by atoms with Gasteiger partial charge in [0.25, 0.3) is 0 Å². The van der Waals surface area contributed by atoms with E-state index in [0.29, 0.717) is 17.3 Å². The van der Waals surface area contributed by atoms with Crippen LogP contribution in [0.15, 0.2) is 18.2 Å². The lowest BCUT2D eigenvalue weighted by Crippen LogP contribution is -2.25. The van der Waals surface area contributed by atoms with Gasteiger partial charge in [-0.3, -0.25) is 0 Å². The zero-order valence-electron chi connectivity index (χ0n) is 11.2. The van der Waals surface area contributed by atoms with Crippen molar-refractivity contribution < 1.29 is 9.53 Å². The van der Waals surface area contributed by atoms with Crippen LogP contribution in [-0.4, -0.2) is 19.1 Å². The van der Waals surface area contributed by atoms with Crippen molar-refractivity contribution in [3.8, 4) is 0 Å². The van der Waals surface area contributed by atoms with E-state index in [1.807, 2.05) is 12.1 Å². The number of carbonyl (C=O) groups excluding carboxylic acids is 1. The van der Waals surface area contributed by atoms with Crippen LogP contribution in [0.2, 0.25) is 0 Å². The normalized spacial score (nSPS) is 18.4. The molecule has 0 spiro atoms. The molecular formula is C15H20N2O2. The van der Waals surface area contributed by atoms with Gasteiger partial charge in [-0.2, -0.15) is 0 Å². The topological polar surface area (TPSA) is 64.3 Å². The molecule has 2 aliphatic rings. The minimum atomic E-state index is -0.379. The molecular weight excluding hydrogens is 240 g/mol. The van der Waals surface area contributed by atoms with Gasteiger partial charge in [-0.1, -0.05) is 6.07 Å². The molecule has 0 saturated heterocycles. The second-order valence-electron chi connectivity index (χ2n) is 5.60. The molecule has 0 unspecified atom stereocenters. The maximum atomic E-state index is 11.6. The van der Waals surface area contributed by atoms with Gasteiger partial charge in [-0.15, -0.1) is 0 Å². The standard InChI is InChI=1S/C15H20N2O2/c1-19-15(18)11-3-2-4-12(13(11)16)17-14(9-5-6-9)10-7-8-10/h2-4,9-10,14,17H,5-8,16H2,1H3. The van der Waals surface area contributed by atoms with Crippen molar-refractivity contribution in [2.24, 2.45) is 11.8 Å². The number of hydrogen-bond acceptors (Lipinski definition) is 4. The first-order valence-corrected chi connectivity index (χ1v) is 6.94. The molecule has 4 heteroatoms. The van der Waals surface area contributed by atoms with E-state index in [4.69, 9.17) is 10.5 Å². The molecule has 0 radical (unpaired) electrons. The van der Waals surface area contributed by atoms with E-state index in [0.717, 1.165) is 17.5 Å². The maximum absolute atomic E-state index is 11.6. The number of benzene rings is 1. The average molecular weight is 260 g/mol. The highest BCUT2D eigenvalue weighted by Gasteiger charge is 2.41. The Balaban J connectivity index is 1.81. The van der Waals surface area contributed by atoms with Crippen molar-refractivity contribution in [2.45, 2.75) is 31.7 Å². The van der Waals surface area contributed by atoms with Crippen molar-refractivity contribution in [2.75, 3.05) is 18.2 Å². The average Bonchev–Trinajstić information content (AvgIpc) is 3.29. The third-order valence-electron chi connectivity index (χ3n) is 4.09. The highest BCUT2D eigenvalue weighted by molar-refractivity contribution is 5.98. The van der Waals surface area contributed by atoms with Crippen LogP contribution in [0, 0.1) is 11.8 Å². The van der Waals surface area contributed by atoms with Gasteiger partial charge >= 0.3 is 5.97 Å². The van der Waals surface area contributed by atoms with Gasteiger partial charge in [0.15, 0.2) is 0 Å². The fraction of sp³-hybridized carbons (Fsp3) is 0.533. The number of para-hydroxylation sites is 1. The van der Waals surface area contributed by atoms with Gasteiger partial charge in [0, 0.05) is 6.04 Å². The van der Waals surface area contributed by atoms with Crippen LogP contribution in [-0.2, 0) is 4.74 Å². The largest absolute Gasteiger partial charge is 0.465 e. The van der Waals surface area contributed by atoms with Gasteiger partial charge in [-0.25, -0.2) is 4.79 Å². The van der Waals surface area contributed by atoms with Gasteiger partial charge in [-0.05, 0) is 49.7 Å². The van der Waals surface area contributed by atoms with E-state index in [1.165, 1.54) is 32.8 Å². The number of carbonyl (C=O) groups is 1. The first-order valence-electron chi connectivity index (χ1n) is 6.94. The highest BCUT2D eigenvalue weighted by atomic mass is 16.5. The van der Waals surface area contributed by atoms with E-state index in [9.17, 15) is 4.79 Å². The molecule has 102 valence electrons. The molecule has 1 aromatic rings. The Morgan fingerprint density at radius 1 is 1.32 bits per heavy atom. The number of methoxy groups -OCH3 is 1. The van der Waals surface area contributed by atoms with Gasteiger partial charge in [0.2, 0.25) is 0 Å². The zero-order chi connectivity index (χ0) is 13.4. The number of hydrogen-bond donors (Lipinski definition) is 2.